The summed E-state index contributed by atoms with van der Waals surface area (Å²) >= 11 is 0. The summed E-state index contributed by atoms with van der Waals surface area (Å²) < 4.78 is 4.22. The Hall–Kier alpha value is 1.09. The van der Waals surface area contributed by atoms with Gasteiger partial charge in [0.05, 0.1) is 7.11 Å². The van der Waals surface area contributed by atoms with Crippen molar-refractivity contribution >= 4 is 5.90 Å². The Balaban J connectivity index is -0.0000000326. The van der Waals surface area contributed by atoms with Gasteiger partial charge in [0.1, 0.15) is 0 Å². The third-order valence-electron chi connectivity index (χ3n) is 0.246. The third kappa shape index (κ3) is 62.3. The molecule has 0 aliphatic rings. The van der Waals surface area contributed by atoms with E-state index in [9.17, 15) is 0 Å². The first-order valence-electron chi connectivity index (χ1n) is 1.76. The van der Waals surface area contributed by atoms with Crippen molar-refractivity contribution in [2.75, 3.05) is 7.11 Å². The fourth-order valence-electron chi connectivity index (χ4n) is 0. The van der Waals surface area contributed by atoms with Crippen LogP contribution in [-0.2, 0) is 4.74 Å². The maximum absolute atomic E-state index is 6.41. The summed E-state index contributed by atoms with van der Waals surface area (Å²) in [7, 11) is 4.19. The Morgan fingerprint density at radius 2 is 1.70 bits per heavy atom. The number of ether oxygens (including phenoxy) is 1. The third-order valence-corrected chi connectivity index (χ3v) is 0.246. The number of nitrogens with zero attached hydrogens (tertiary/aromatic N) is 1. The zero-order valence-electron chi connectivity index (χ0n) is 5.92. The molecule has 0 aromatic rings. The molecule has 0 aromatic heterocycles. The van der Waals surface area contributed by atoms with Crippen molar-refractivity contribution in [3.8, 4) is 0 Å². The van der Waals surface area contributed by atoms with Crippen LogP contribution < -0.4 is 0 Å². The van der Waals surface area contributed by atoms with E-state index in [1.807, 2.05) is 0 Å². The van der Waals surface area contributed by atoms with Crippen molar-refractivity contribution in [3.05, 3.63) is 25.4 Å². The van der Waals surface area contributed by atoms with Crippen LogP contribution in [0.3, 0.4) is 0 Å². The molecule has 0 fully saturated rings. The topological polar surface area (TPSA) is 37.4 Å². The Morgan fingerprint density at radius 3 is 1.70 bits per heavy atom. The molecule has 0 rings (SSSR count). The smallest absolute Gasteiger partial charge is 0.0754 e. The first kappa shape index (κ1) is 22.5. The number of hydrogen-bond donors (Lipinski definition) is 1. The van der Waals surface area contributed by atoms with Gasteiger partial charge in [-0.1, -0.05) is 7.05 Å². The van der Waals surface area contributed by atoms with Gasteiger partial charge in [0.15, 0.2) is 0 Å². The normalized spacial score (nSPS) is 4.00. The molecule has 0 atom stereocenters. The van der Waals surface area contributed by atoms with E-state index in [0.717, 1.165) is 0 Å². The maximum atomic E-state index is 6.41. The number of rotatable bonds is 0. The maximum Gasteiger partial charge on any atom is 0.0754 e. The Labute approximate surface area is 118 Å². The van der Waals surface area contributed by atoms with Crippen LogP contribution in [0, 0.1) is 97.2 Å². The molecule has 0 saturated heterocycles. The van der Waals surface area contributed by atoms with Crippen LogP contribution in [0.1, 0.15) is 0 Å². The molecule has 2 radical (unpaired) electrons. The van der Waals surface area contributed by atoms with Crippen LogP contribution >= 0.6 is 0 Å². The van der Waals surface area contributed by atoms with Crippen molar-refractivity contribution in [3.63, 3.8) is 0 Å². The van der Waals surface area contributed by atoms with E-state index in [2.05, 4.69) is 23.6 Å². The van der Waals surface area contributed by atoms with Gasteiger partial charge in [-0.25, -0.2) is 0 Å². The van der Waals surface area contributed by atoms with Crippen LogP contribution in [0.15, 0.2) is 0 Å². The van der Waals surface area contributed by atoms with Crippen molar-refractivity contribution in [2.45, 2.75) is 0 Å². The van der Waals surface area contributed by atoms with Crippen LogP contribution in [0.5, 0.6) is 0 Å². The van der Waals surface area contributed by atoms with Gasteiger partial charge in [-0.15, -0.1) is 0 Å². The molecule has 1 N–H and O–H groups in total. The van der Waals surface area contributed by atoms with E-state index in [0.29, 0.717) is 0 Å². The van der Waals surface area contributed by atoms with Crippen molar-refractivity contribution < 1.29 is 75.9 Å². The predicted molar refractivity (Wildman–Crippen MR) is 32.1 cm³/mol. The summed E-state index contributed by atoms with van der Waals surface area (Å²) in [6.45, 7) is 8.84. The molecule has 0 bridgehead atoms. The summed E-state index contributed by atoms with van der Waals surface area (Å²) in [5, 5.41) is 6.41. The van der Waals surface area contributed by atoms with E-state index in [-0.39, 0.29) is 77.1 Å². The molecule has 52 valence electrons. The van der Waals surface area contributed by atoms with Gasteiger partial charge in [-0.2, -0.15) is 0 Å². The zero-order chi connectivity index (χ0) is 6.99. The fraction of sp³-hybridized carbons (Fsp3) is 0.200. The minimum atomic E-state index is 0. The molecule has 0 amide bonds. The average Bonchev–Trinajstić information content (AvgIpc) is 1.69. The Kier molecular flexibility index (Phi) is 50.5. The van der Waals surface area contributed by atoms with Crippen molar-refractivity contribution in [2.24, 2.45) is 0 Å². The standard InChI is InChI=1S/C3H6NO.C2H2N.2La/c1-3(4)5-2;1-3-2;;/h4H,1H2,2H3;1H2;;/q2*-1;;. The quantitative estimate of drug-likeness (QED) is 0.376. The molecule has 10 heavy (non-hydrogen) atoms. The van der Waals surface area contributed by atoms with Crippen LogP contribution in [-0.4, -0.2) is 13.0 Å². The summed E-state index contributed by atoms with van der Waals surface area (Å²) in [6, 6.07) is 0. The van der Waals surface area contributed by atoms with E-state index >= 15 is 0 Å². The molecule has 0 aliphatic carbocycles. The van der Waals surface area contributed by atoms with E-state index in [1.54, 1.807) is 0 Å². The molecule has 3 nitrogen and oxygen atoms in total. The van der Waals surface area contributed by atoms with E-state index in [4.69, 9.17) is 12.0 Å². The van der Waals surface area contributed by atoms with Gasteiger partial charge < -0.3 is 21.9 Å². The average molecular weight is 390 g/mol. The molecule has 0 aromatic carbocycles. The monoisotopic (exact) mass is 390 g/mol. The minimum Gasteiger partial charge on any atom is -0.514 e. The molecular formula is C5H8La2N2O-2. The molecule has 0 unspecified atom stereocenters. The molecule has 0 heterocycles. The van der Waals surface area contributed by atoms with Gasteiger partial charge in [0.25, 0.3) is 0 Å². The largest absolute Gasteiger partial charge is 0.514 e. The van der Waals surface area contributed by atoms with Crippen LogP contribution in [0.4, 0.5) is 0 Å². The summed E-state index contributed by atoms with van der Waals surface area (Å²) in [5.74, 6) is 0.00463. The summed E-state index contributed by atoms with van der Waals surface area (Å²) in [4.78, 5) is 2.50. The van der Waals surface area contributed by atoms with Crippen molar-refractivity contribution in [1.29, 1.82) is 5.41 Å². The van der Waals surface area contributed by atoms with Crippen LogP contribution in [0.2, 0.25) is 0 Å². The fourth-order valence-corrected chi connectivity index (χ4v) is 0. The first-order valence-corrected chi connectivity index (χ1v) is 1.76. The Bertz CT molecular complexity index is 100. The summed E-state index contributed by atoms with van der Waals surface area (Å²) in [5.41, 5.74) is 0. The van der Waals surface area contributed by atoms with E-state index in [1.165, 1.54) is 7.11 Å². The second-order valence-electron chi connectivity index (χ2n) is 0.785. The molecular weight excluding hydrogens is 382 g/mol. The zero-order valence-corrected chi connectivity index (χ0v) is 13.2. The summed E-state index contributed by atoms with van der Waals surface area (Å²) in [6.07, 6.45) is 0. The second kappa shape index (κ2) is 22.5. The van der Waals surface area contributed by atoms with Gasteiger partial charge >= 0.3 is 0 Å². The van der Waals surface area contributed by atoms with Gasteiger partial charge in [-0.05, 0) is 0 Å². The second-order valence-corrected chi connectivity index (χ2v) is 0.785. The number of hydrogen-bond acceptors (Lipinski definition) is 2. The van der Waals surface area contributed by atoms with Gasteiger partial charge in [-0.3, -0.25) is 6.57 Å². The molecule has 5 heteroatoms. The number of nitrogens with one attached hydrogen (secondary N) is 1. The Morgan fingerprint density at radius 1 is 1.60 bits per heavy atom. The molecule has 0 spiro atoms. The molecule has 0 saturated carbocycles. The minimum absolute atomic E-state index is 0. The van der Waals surface area contributed by atoms with Crippen molar-refractivity contribution in [1.82, 2.24) is 0 Å². The van der Waals surface area contributed by atoms with Crippen LogP contribution in [0.25, 0.3) is 4.85 Å². The first-order chi connectivity index (χ1) is 3.68. The van der Waals surface area contributed by atoms with E-state index < -0.39 is 0 Å². The predicted octanol–water partition coefficient (Wildman–Crippen LogP) is 1.14. The SMILES string of the molecule is [C-]#[N+][CH2-].[CH2-]C(=N)OC.[La].[La]. The number of methoxy groups -OCH3 is 1. The van der Waals surface area contributed by atoms with Gasteiger partial charge in [0.2, 0.25) is 0 Å². The van der Waals surface area contributed by atoms with Gasteiger partial charge in [0, 0.05) is 77.1 Å². The molecule has 0 aliphatic heterocycles.